The van der Waals surface area contributed by atoms with Crippen LogP contribution in [0.15, 0.2) is 97.2 Å². The van der Waals surface area contributed by atoms with Crippen molar-refractivity contribution in [3.8, 4) is 0 Å². The van der Waals surface area contributed by atoms with Crippen molar-refractivity contribution in [2.75, 3.05) is 19.8 Å². The van der Waals surface area contributed by atoms with Crippen LogP contribution in [0.2, 0.25) is 0 Å². The fraction of sp³-hybridized carbons (Fsp3) is 0.600. The molecule has 0 amide bonds. The van der Waals surface area contributed by atoms with Crippen molar-refractivity contribution >= 4 is 11.9 Å². The molecule has 50 heavy (non-hydrogen) atoms. The maximum absolute atomic E-state index is 12.5. The molecule has 282 valence electrons. The van der Waals surface area contributed by atoms with E-state index in [4.69, 9.17) is 14.2 Å². The molecule has 5 nitrogen and oxygen atoms in total. The zero-order valence-electron chi connectivity index (χ0n) is 32.1. The highest BCUT2D eigenvalue weighted by molar-refractivity contribution is 5.70. The molecule has 0 spiro atoms. The first-order valence-corrected chi connectivity index (χ1v) is 19.8. The van der Waals surface area contributed by atoms with E-state index in [0.29, 0.717) is 25.9 Å². The first-order chi connectivity index (χ1) is 24.6. The Morgan fingerprint density at radius 2 is 0.940 bits per heavy atom. The molecule has 0 fully saturated rings. The molecule has 0 aliphatic rings. The third-order valence-corrected chi connectivity index (χ3v) is 7.63. The van der Waals surface area contributed by atoms with Crippen LogP contribution in [0.4, 0.5) is 0 Å². The average Bonchev–Trinajstić information content (AvgIpc) is 3.11. The van der Waals surface area contributed by atoms with Crippen molar-refractivity contribution in [1.82, 2.24) is 0 Å². The fourth-order valence-electron chi connectivity index (χ4n) is 4.75. The van der Waals surface area contributed by atoms with Crippen LogP contribution in [0, 0.1) is 0 Å². The maximum atomic E-state index is 12.5. The van der Waals surface area contributed by atoms with Gasteiger partial charge >= 0.3 is 11.9 Å². The molecule has 0 saturated carbocycles. The lowest BCUT2D eigenvalue weighted by molar-refractivity contribution is -0.162. The fourth-order valence-corrected chi connectivity index (χ4v) is 4.75. The van der Waals surface area contributed by atoms with Gasteiger partial charge in [-0.15, -0.1) is 0 Å². The molecular formula is C45H72O5. The minimum Gasteiger partial charge on any atom is -0.462 e. The normalized spacial score (nSPS) is 13.3. The quantitative estimate of drug-likeness (QED) is 0.0382. The SMILES string of the molecule is CC/C=C\C/C=C\C/C=C\C/C=C\CCCCCOCC(COC(=O)CC/C=C\C/C=C\C/C=C\C/C=C\CC)OC(=O)CCCCCCC. The van der Waals surface area contributed by atoms with Crippen LogP contribution in [0.3, 0.4) is 0 Å². The van der Waals surface area contributed by atoms with Gasteiger partial charge in [0.15, 0.2) is 6.10 Å². The molecule has 0 aliphatic carbocycles. The Labute approximate surface area is 307 Å². The van der Waals surface area contributed by atoms with E-state index in [0.717, 1.165) is 96.3 Å². The van der Waals surface area contributed by atoms with E-state index in [2.05, 4.69) is 112 Å². The molecule has 0 N–H and O–H groups in total. The van der Waals surface area contributed by atoms with Crippen LogP contribution >= 0.6 is 0 Å². The summed E-state index contributed by atoms with van der Waals surface area (Å²) in [5.41, 5.74) is 0. The monoisotopic (exact) mass is 693 g/mol. The summed E-state index contributed by atoms with van der Waals surface area (Å²) in [6.45, 7) is 7.33. The lowest BCUT2D eigenvalue weighted by Gasteiger charge is -2.18. The second-order valence-corrected chi connectivity index (χ2v) is 12.4. The summed E-state index contributed by atoms with van der Waals surface area (Å²) in [5, 5.41) is 0. The van der Waals surface area contributed by atoms with Gasteiger partial charge < -0.3 is 14.2 Å². The number of unbranched alkanes of at least 4 members (excludes halogenated alkanes) is 7. The van der Waals surface area contributed by atoms with E-state index in [1.165, 1.54) is 12.8 Å². The minimum absolute atomic E-state index is 0.0282. The van der Waals surface area contributed by atoms with E-state index in [1.807, 2.05) is 6.08 Å². The van der Waals surface area contributed by atoms with Crippen LogP contribution in [-0.4, -0.2) is 37.9 Å². The zero-order chi connectivity index (χ0) is 36.4. The second-order valence-electron chi connectivity index (χ2n) is 12.4. The van der Waals surface area contributed by atoms with Gasteiger partial charge in [-0.25, -0.2) is 0 Å². The van der Waals surface area contributed by atoms with E-state index in [1.54, 1.807) is 0 Å². The van der Waals surface area contributed by atoms with E-state index >= 15 is 0 Å². The summed E-state index contributed by atoms with van der Waals surface area (Å²) in [4.78, 5) is 24.8. The third kappa shape index (κ3) is 37.6. The maximum Gasteiger partial charge on any atom is 0.306 e. The highest BCUT2D eigenvalue weighted by atomic mass is 16.6. The van der Waals surface area contributed by atoms with Crippen molar-refractivity contribution in [2.24, 2.45) is 0 Å². The number of carbonyl (C=O) groups excluding carboxylic acids is 2. The molecule has 0 aromatic heterocycles. The molecule has 1 atom stereocenters. The van der Waals surface area contributed by atoms with Gasteiger partial charge in [0.1, 0.15) is 6.61 Å². The van der Waals surface area contributed by atoms with Crippen LogP contribution in [0.5, 0.6) is 0 Å². The number of rotatable bonds is 34. The molecule has 0 bridgehead atoms. The molecular weight excluding hydrogens is 620 g/mol. The van der Waals surface area contributed by atoms with E-state index in [-0.39, 0.29) is 25.2 Å². The van der Waals surface area contributed by atoms with Gasteiger partial charge in [-0.2, -0.15) is 0 Å². The smallest absolute Gasteiger partial charge is 0.306 e. The number of carbonyl (C=O) groups is 2. The van der Waals surface area contributed by atoms with Crippen LogP contribution in [0.1, 0.15) is 149 Å². The molecule has 0 radical (unpaired) electrons. The van der Waals surface area contributed by atoms with Gasteiger partial charge in [0, 0.05) is 19.4 Å². The van der Waals surface area contributed by atoms with Crippen LogP contribution in [0.25, 0.3) is 0 Å². The number of esters is 2. The standard InChI is InChI=1S/C45H72O5/c1-4-7-10-13-15-17-19-21-22-23-25-27-29-31-34-37-40-48-41-43(50-45(47)39-36-32-12-9-6-3)42-49-44(46)38-35-33-30-28-26-24-20-18-16-14-11-8-5-2/h7-8,10-11,15-18,21-22,24-27,30,33,43H,4-6,9,12-14,19-20,23,28-29,31-32,34-42H2,1-3H3/b10-7-,11-8-,17-15-,18-16-,22-21-,26-24-,27-25-,33-30-. The number of hydrogen-bond donors (Lipinski definition) is 0. The average molecular weight is 693 g/mol. The minimum atomic E-state index is -0.580. The van der Waals surface area contributed by atoms with Crippen molar-refractivity contribution in [3.63, 3.8) is 0 Å². The van der Waals surface area contributed by atoms with Gasteiger partial charge in [-0.05, 0) is 83.5 Å². The Morgan fingerprint density at radius 3 is 1.48 bits per heavy atom. The highest BCUT2D eigenvalue weighted by Crippen LogP contribution is 2.09. The molecule has 0 aromatic rings. The number of hydrogen-bond acceptors (Lipinski definition) is 5. The zero-order valence-corrected chi connectivity index (χ0v) is 32.1. The molecule has 0 saturated heterocycles. The molecule has 0 heterocycles. The Kier molecular flexibility index (Phi) is 37.7. The highest BCUT2D eigenvalue weighted by Gasteiger charge is 2.17. The molecule has 5 heteroatoms. The summed E-state index contributed by atoms with van der Waals surface area (Å²) in [5.74, 6) is -0.534. The first-order valence-electron chi connectivity index (χ1n) is 19.8. The van der Waals surface area contributed by atoms with E-state index in [9.17, 15) is 9.59 Å². The van der Waals surface area contributed by atoms with Crippen LogP contribution in [-0.2, 0) is 23.8 Å². The van der Waals surface area contributed by atoms with Crippen LogP contribution < -0.4 is 0 Å². The van der Waals surface area contributed by atoms with Crippen molar-refractivity contribution in [1.29, 1.82) is 0 Å². The van der Waals surface area contributed by atoms with E-state index < -0.39 is 6.10 Å². The summed E-state index contributed by atoms with van der Waals surface area (Å²) in [6, 6.07) is 0. The van der Waals surface area contributed by atoms with Gasteiger partial charge in [0.25, 0.3) is 0 Å². The number of ether oxygens (including phenoxy) is 3. The summed E-state index contributed by atoms with van der Waals surface area (Å²) in [6.07, 6.45) is 53.0. The number of allylic oxidation sites excluding steroid dienone is 16. The Bertz CT molecular complexity index is 1010. The Hall–Kier alpha value is -3.18. The van der Waals surface area contributed by atoms with Crippen molar-refractivity contribution in [3.05, 3.63) is 97.2 Å². The van der Waals surface area contributed by atoms with Crippen molar-refractivity contribution < 1.29 is 23.8 Å². The molecule has 0 aromatic carbocycles. The predicted molar refractivity (Wildman–Crippen MR) is 214 cm³/mol. The first kappa shape index (κ1) is 46.8. The van der Waals surface area contributed by atoms with Gasteiger partial charge in [0.05, 0.1) is 6.61 Å². The van der Waals surface area contributed by atoms with Gasteiger partial charge in [-0.3, -0.25) is 9.59 Å². The Balaban J connectivity index is 4.30. The van der Waals surface area contributed by atoms with Gasteiger partial charge in [0.2, 0.25) is 0 Å². The predicted octanol–water partition coefficient (Wildman–Crippen LogP) is 12.8. The van der Waals surface area contributed by atoms with Gasteiger partial charge in [-0.1, -0.05) is 150 Å². The molecule has 0 rings (SSSR count). The molecule has 0 aliphatic heterocycles. The summed E-state index contributed by atoms with van der Waals surface area (Å²) < 4.78 is 17.0. The lowest BCUT2D eigenvalue weighted by atomic mass is 10.1. The topological polar surface area (TPSA) is 61.8 Å². The summed E-state index contributed by atoms with van der Waals surface area (Å²) in [7, 11) is 0. The Morgan fingerprint density at radius 1 is 0.460 bits per heavy atom. The lowest BCUT2D eigenvalue weighted by Crippen LogP contribution is -2.30. The third-order valence-electron chi connectivity index (χ3n) is 7.63. The summed E-state index contributed by atoms with van der Waals surface area (Å²) >= 11 is 0. The largest absolute Gasteiger partial charge is 0.462 e. The van der Waals surface area contributed by atoms with Crippen molar-refractivity contribution in [2.45, 2.75) is 155 Å². The second kappa shape index (κ2) is 40.3. The molecule has 1 unspecified atom stereocenters.